The molecular weight excluding hydrogens is 390 g/mol. The van der Waals surface area contributed by atoms with Crippen LogP contribution in [-0.2, 0) is 11.3 Å². The minimum atomic E-state index is -4.26. The number of nitrogens with zero attached hydrogens (tertiary/aromatic N) is 1. The van der Waals surface area contributed by atoms with Gasteiger partial charge in [0.1, 0.15) is 5.82 Å². The third-order valence-electron chi connectivity index (χ3n) is 4.55. The topological polar surface area (TPSA) is 20.3 Å². The van der Waals surface area contributed by atoms with Gasteiger partial charge in [0, 0.05) is 29.0 Å². The van der Waals surface area contributed by atoms with Crippen molar-refractivity contribution in [3.63, 3.8) is 0 Å². The SMILES string of the molecule is CCN(Cc1cc(Br)ccc1F)C(=O)C1CCCC(C(F)(F)F)C1. The predicted molar refractivity (Wildman–Crippen MR) is 86.7 cm³/mol. The molecule has 1 aromatic rings. The molecule has 1 fully saturated rings. The van der Waals surface area contributed by atoms with Gasteiger partial charge >= 0.3 is 6.18 Å². The van der Waals surface area contributed by atoms with Crippen LogP contribution >= 0.6 is 15.9 Å². The van der Waals surface area contributed by atoms with Gasteiger partial charge in [-0.2, -0.15) is 13.2 Å². The van der Waals surface area contributed by atoms with Gasteiger partial charge in [-0.15, -0.1) is 0 Å². The molecular formula is C17H20BrF4NO. The summed E-state index contributed by atoms with van der Waals surface area (Å²) in [6.07, 6.45) is -3.49. The molecule has 7 heteroatoms. The first kappa shape index (κ1) is 19.2. The lowest BCUT2D eigenvalue weighted by atomic mass is 9.80. The van der Waals surface area contributed by atoms with Crippen LogP contribution < -0.4 is 0 Å². The fourth-order valence-corrected chi connectivity index (χ4v) is 3.59. The molecule has 0 aliphatic heterocycles. The van der Waals surface area contributed by atoms with Crippen LogP contribution in [0.25, 0.3) is 0 Å². The van der Waals surface area contributed by atoms with Crippen LogP contribution in [0.2, 0.25) is 0 Å². The number of benzene rings is 1. The summed E-state index contributed by atoms with van der Waals surface area (Å²) in [4.78, 5) is 14.1. The maximum absolute atomic E-state index is 13.9. The van der Waals surface area contributed by atoms with E-state index in [9.17, 15) is 22.4 Å². The first-order valence-corrected chi connectivity index (χ1v) is 8.81. The van der Waals surface area contributed by atoms with Crippen molar-refractivity contribution in [1.29, 1.82) is 0 Å². The molecule has 2 atom stereocenters. The maximum Gasteiger partial charge on any atom is 0.391 e. The van der Waals surface area contributed by atoms with Gasteiger partial charge in [0.25, 0.3) is 0 Å². The quantitative estimate of drug-likeness (QED) is 0.617. The lowest BCUT2D eigenvalue weighted by Crippen LogP contribution is -2.40. The second kappa shape index (κ2) is 7.85. The maximum atomic E-state index is 13.9. The summed E-state index contributed by atoms with van der Waals surface area (Å²) in [7, 11) is 0. The van der Waals surface area contributed by atoms with E-state index in [1.807, 2.05) is 0 Å². The van der Waals surface area contributed by atoms with Gasteiger partial charge in [-0.1, -0.05) is 22.4 Å². The molecule has 0 bridgehead atoms. The predicted octanol–water partition coefficient (Wildman–Crippen LogP) is 5.31. The fraction of sp³-hybridized carbons (Fsp3) is 0.588. The summed E-state index contributed by atoms with van der Waals surface area (Å²) in [6, 6.07) is 4.45. The van der Waals surface area contributed by atoms with Crippen molar-refractivity contribution >= 4 is 21.8 Å². The Morgan fingerprint density at radius 2 is 2.04 bits per heavy atom. The molecule has 0 spiro atoms. The Labute approximate surface area is 147 Å². The number of rotatable bonds is 4. The van der Waals surface area contributed by atoms with Crippen LogP contribution in [0.15, 0.2) is 22.7 Å². The number of hydrogen-bond acceptors (Lipinski definition) is 1. The Hall–Kier alpha value is -1.11. The van der Waals surface area contributed by atoms with E-state index < -0.39 is 23.8 Å². The van der Waals surface area contributed by atoms with E-state index in [1.165, 1.54) is 11.0 Å². The van der Waals surface area contributed by atoms with Crippen LogP contribution in [0.1, 0.15) is 38.2 Å². The van der Waals surface area contributed by atoms with Crippen molar-refractivity contribution in [2.45, 2.75) is 45.3 Å². The minimum absolute atomic E-state index is 0.0633. The van der Waals surface area contributed by atoms with Crippen molar-refractivity contribution in [3.8, 4) is 0 Å². The van der Waals surface area contributed by atoms with Crippen molar-refractivity contribution < 1.29 is 22.4 Å². The molecule has 1 aromatic carbocycles. The fourth-order valence-electron chi connectivity index (χ4n) is 3.19. The molecule has 2 nitrogen and oxygen atoms in total. The number of carbonyl (C=O) groups is 1. The lowest BCUT2D eigenvalue weighted by Gasteiger charge is -2.33. The third kappa shape index (κ3) is 4.71. The molecule has 2 rings (SSSR count). The summed E-state index contributed by atoms with van der Waals surface area (Å²) in [5.74, 6) is -2.80. The molecule has 0 N–H and O–H groups in total. The van der Waals surface area contributed by atoms with E-state index >= 15 is 0 Å². The third-order valence-corrected chi connectivity index (χ3v) is 5.04. The van der Waals surface area contributed by atoms with E-state index in [4.69, 9.17) is 0 Å². The van der Waals surface area contributed by atoms with Gasteiger partial charge in [-0.05, 0) is 44.4 Å². The molecule has 0 radical (unpaired) electrons. The number of hydrogen-bond donors (Lipinski definition) is 0. The summed E-state index contributed by atoms with van der Waals surface area (Å²) in [5, 5.41) is 0. The van der Waals surface area contributed by atoms with Crippen molar-refractivity contribution in [3.05, 3.63) is 34.1 Å². The number of alkyl halides is 3. The normalized spacial score (nSPS) is 21.6. The van der Waals surface area contributed by atoms with Gasteiger partial charge in [0.05, 0.1) is 5.92 Å². The highest BCUT2D eigenvalue weighted by molar-refractivity contribution is 9.10. The zero-order valence-corrected chi connectivity index (χ0v) is 15.0. The van der Waals surface area contributed by atoms with Gasteiger partial charge in [-0.3, -0.25) is 4.79 Å². The van der Waals surface area contributed by atoms with E-state index in [0.717, 1.165) is 0 Å². The Morgan fingerprint density at radius 3 is 2.67 bits per heavy atom. The average Bonchev–Trinajstić information content (AvgIpc) is 2.54. The highest BCUT2D eigenvalue weighted by Crippen LogP contribution is 2.40. The first-order valence-electron chi connectivity index (χ1n) is 8.01. The van der Waals surface area contributed by atoms with Gasteiger partial charge in [0.15, 0.2) is 0 Å². The second-order valence-corrected chi connectivity index (χ2v) is 7.11. The van der Waals surface area contributed by atoms with Crippen LogP contribution in [0.4, 0.5) is 17.6 Å². The Morgan fingerprint density at radius 1 is 1.33 bits per heavy atom. The highest BCUT2D eigenvalue weighted by atomic mass is 79.9. The molecule has 1 amide bonds. The monoisotopic (exact) mass is 409 g/mol. The Balaban J connectivity index is 2.09. The van der Waals surface area contributed by atoms with Crippen LogP contribution in [0, 0.1) is 17.7 Å². The van der Waals surface area contributed by atoms with Crippen molar-refractivity contribution in [2.75, 3.05) is 6.54 Å². The molecule has 134 valence electrons. The molecule has 2 unspecified atom stereocenters. The second-order valence-electron chi connectivity index (χ2n) is 6.19. The Kier molecular flexibility index (Phi) is 6.28. The number of halogens is 5. The molecule has 1 aliphatic carbocycles. The molecule has 1 saturated carbocycles. The summed E-state index contributed by atoms with van der Waals surface area (Å²) in [5.41, 5.74) is 0.350. The van der Waals surface area contributed by atoms with Gasteiger partial charge in [0.2, 0.25) is 5.91 Å². The zero-order chi connectivity index (χ0) is 17.9. The molecule has 1 aliphatic rings. The van der Waals surface area contributed by atoms with E-state index in [-0.39, 0.29) is 25.3 Å². The highest BCUT2D eigenvalue weighted by Gasteiger charge is 2.44. The van der Waals surface area contributed by atoms with E-state index in [0.29, 0.717) is 29.4 Å². The smallest absolute Gasteiger partial charge is 0.338 e. The summed E-state index contributed by atoms with van der Waals surface area (Å²) < 4.78 is 53.4. The van der Waals surface area contributed by atoms with Crippen molar-refractivity contribution in [2.24, 2.45) is 11.8 Å². The van der Waals surface area contributed by atoms with Crippen LogP contribution in [0.3, 0.4) is 0 Å². The summed E-state index contributed by atoms with van der Waals surface area (Å²) >= 11 is 3.26. The van der Waals surface area contributed by atoms with Crippen LogP contribution in [0.5, 0.6) is 0 Å². The van der Waals surface area contributed by atoms with Crippen molar-refractivity contribution in [1.82, 2.24) is 4.90 Å². The first-order chi connectivity index (χ1) is 11.2. The molecule has 0 saturated heterocycles. The van der Waals surface area contributed by atoms with Gasteiger partial charge in [-0.25, -0.2) is 4.39 Å². The zero-order valence-electron chi connectivity index (χ0n) is 13.4. The average molecular weight is 410 g/mol. The van der Waals surface area contributed by atoms with Crippen LogP contribution in [-0.4, -0.2) is 23.5 Å². The molecule has 0 aromatic heterocycles. The van der Waals surface area contributed by atoms with E-state index in [1.54, 1.807) is 19.1 Å². The van der Waals surface area contributed by atoms with E-state index in [2.05, 4.69) is 15.9 Å². The number of amides is 1. The number of carbonyl (C=O) groups excluding carboxylic acids is 1. The largest absolute Gasteiger partial charge is 0.391 e. The minimum Gasteiger partial charge on any atom is -0.338 e. The molecule has 24 heavy (non-hydrogen) atoms. The summed E-state index contributed by atoms with van der Waals surface area (Å²) in [6.45, 7) is 2.14. The lowest BCUT2D eigenvalue weighted by molar-refractivity contribution is -0.187. The molecule has 0 heterocycles. The van der Waals surface area contributed by atoms with Gasteiger partial charge < -0.3 is 4.90 Å². The standard InChI is InChI=1S/C17H20BrF4NO/c1-2-23(10-12-9-14(18)6-7-15(12)19)16(24)11-4-3-5-13(8-11)17(20,21)22/h6-7,9,11,13H,2-5,8,10H2,1H3. The Bertz CT molecular complexity index is 590.